The van der Waals surface area contributed by atoms with Gasteiger partial charge in [0, 0.05) is 5.02 Å². The van der Waals surface area contributed by atoms with Gasteiger partial charge in [-0.15, -0.1) is 0 Å². The lowest BCUT2D eigenvalue weighted by Crippen LogP contribution is -2.24. The Kier molecular flexibility index (Phi) is 8.51. The number of hydrazone groups is 1. The number of ether oxygens (including phenoxy) is 3. The van der Waals surface area contributed by atoms with Crippen molar-refractivity contribution in [2.75, 3.05) is 13.7 Å². The monoisotopic (exact) mass is 500 g/mol. The predicted molar refractivity (Wildman–Crippen MR) is 132 cm³/mol. The topological polar surface area (TPSA) is 86.2 Å². The highest BCUT2D eigenvalue weighted by atomic mass is 35.5. The molecule has 34 heavy (non-hydrogen) atoms. The van der Waals surface area contributed by atoms with E-state index >= 15 is 0 Å². The molecule has 9 heteroatoms. The van der Waals surface area contributed by atoms with Crippen molar-refractivity contribution in [2.24, 2.45) is 5.10 Å². The number of carbonyl (C=O) groups is 2. The molecular formula is C25H22Cl2N2O5. The maximum atomic E-state index is 12.5. The van der Waals surface area contributed by atoms with Crippen LogP contribution in [0.25, 0.3) is 0 Å². The molecule has 0 saturated heterocycles. The Labute approximate surface area is 207 Å². The van der Waals surface area contributed by atoms with E-state index in [1.165, 1.54) is 25.5 Å². The number of amides is 1. The molecule has 1 N–H and O–H groups in total. The molecule has 3 aromatic rings. The molecule has 3 aromatic carbocycles. The largest absolute Gasteiger partial charge is 0.493 e. The smallest absolute Gasteiger partial charge is 0.345 e. The van der Waals surface area contributed by atoms with Crippen molar-refractivity contribution in [3.63, 3.8) is 0 Å². The van der Waals surface area contributed by atoms with Crippen LogP contribution >= 0.6 is 23.2 Å². The van der Waals surface area contributed by atoms with E-state index in [9.17, 15) is 9.59 Å². The minimum Gasteiger partial charge on any atom is -0.493 e. The third-order valence-corrected chi connectivity index (χ3v) is 5.18. The average Bonchev–Trinajstić information content (AvgIpc) is 2.79. The van der Waals surface area contributed by atoms with E-state index in [4.69, 9.17) is 37.4 Å². The van der Waals surface area contributed by atoms with Crippen molar-refractivity contribution < 1.29 is 23.8 Å². The second-order valence-electron chi connectivity index (χ2n) is 7.27. The van der Waals surface area contributed by atoms with Gasteiger partial charge in [0.15, 0.2) is 18.1 Å². The summed E-state index contributed by atoms with van der Waals surface area (Å²) >= 11 is 11.9. The molecule has 7 nitrogen and oxygen atoms in total. The third kappa shape index (κ3) is 6.73. The molecule has 0 fully saturated rings. The van der Waals surface area contributed by atoms with Gasteiger partial charge in [0.1, 0.15) is 5.75 Å². The van der Waals surface area contributed by atoms with Crippen molar-refractivity contribution >= 4 is 41.3 Å². The summed E-state index contributed by atoms with van der Waals surface area (Å²) in [4.78, 5) is 24.5. The van der Waals surface area contributed by atoms with E-state index in [-0.39, 0.29) is 22.9 Å². The van der Waals surface area contributed by atoms with Gasteiger partial charge in [0.05, 0.1) is 23.9 Å². The summed E-state index contributed by atoms with van der Waals surface area (Å²) in [6, 6.07) is 15.0. The lowest BCUT2D eigenvalue weighted by molar-refractivity contribution is -0.123. The zero-order valence-electron chi connectivity index (χ0n) is 18.7. The summed E-state index contributed by atoms with van der Waals surface area (Å²) in [6.45, 7) is 3.72. The molecule has 0 saturated carbocycles. The third-order valence-electron chi connectivity index (χ3n) is 4.63. The van der Waals surface area contributed by atoms with Crippen molar-refractivity contribution in [3.05, 3.63) is 86.9 Å². The van der Waals surface area contributed by atoms with Crippen LogP contribution in [-0.4, -0.2) is 31.8 Å². The molecule has 0 aliphatic heterocycles. The zero-order chi connectivity index (χ0) is 24.7. The molecule has 0 radical (unpaired) electrons. The molecule has 0 unspecified atom stereocenters. The molecule has 0 bridgehead atoms. The Morgan fingerprint density at radius 1 is 0.971 bits per heavy atom. The molecule has 0 aliphatic carbocycles. The van der Waals surface area contributed by atoms with E-state index in [1.807, 2.05) is 32.0 Å². The van der Waals surface area contributed by atoms with Crippen LogP contribution in [0, 0.1) is 13.8 Å². The standard InChI is InChI=1S/C25H22Cl2N2O5/c1-15-4-8-21(16(2)10-15)33-14-24(30)29-28-13-17-5-9-22(23(11-17)32-3)34-25(31)19-7-6-18(26)12-20(19)27/h4-13H,14H2,1-3H3,(H,29,30)/b28-13+. The zero-order valence-corrected chi connectivity index (χ0v) is 20.2. The summed E-state index contributed by atoms with van der Waals surface area (Å²) in [7, 11) is 1.44. The fourth-order valence-electron chi connectivity index (χ4n) is 2.97. The number of carbonyl (C=O) groups excluding carboxylic acids is 2. The molecule has 1 amide bonds. The molecule has 0 aromatic heterocycles. The van der Waals surface area contributed by atoms with Gasteiger partial charge in [-0.3, -0.25) is 4.79 Å². The summed E-state index contributed by atoms with van der Waals surface area (Å²) in [6.07, 6.45) is 1.43. The first-order chi connectivity index (χ1) is 16.3. The van der Waals surface area contributed by atoms with Crippen LogP contribution in [0.2, 0.25) is 10.0 Å². The number of nitrogens with one attached hydrogen (secondary N) is 1. The number of hydrogen-bond acceptors (Lipinski definition) is 6. The molecule has 3 rings (SSSR count). The van der Waals surface area contributed by atoms with E-state index in [0.717, 1.165) is 11.1 Å². The Balaban J connectivity index is 1.59. The quantitative estimate of drug-likeness (QED) is 0.194. The van der Waals surface area contributed by atoms with Crippen LogP contribution in [0.3, 0.4) is 0 Å². The Morgan fingerprint density at radius 3 is 2.44 bits per heavy atom. The fourth-order valence-corrected chi connectivity index (χ4v) is 3.46. The van der Waals surface area contributed by atoms with Gasteiger partial charge < -0.3 is 14.2 Å². The number of esters is 1. The summed E-state index contributed by atoms with van der Waals surface area (Å²) in [5, 5.41) is 4.51. The number of benzene rings is 3. The lowest BCUT2D eigenvalue weighted by atomic mass is 10.1. The molecule has 0 spiro atoms. The first kappa shape index (κ1) is 25.1. The number of halogens is 2. The maximum absolute atomic E-state index is 12.5. The predicted octanol–water partition coefficient (Wildman–Crippen LogP) is 5.37. The Hall–Kier alpha value is -3.55. The number of rotatable bonds is 8. The van der Waals surface area contributed by atoms with Crippen molar-refractivity contribution in [1.82, 2.24) is 5.43 Å². The number of hydrogen-bond donors (Lipinski definition) is 1. The minimum absolute atomic E-state index is 0.171. The lowest BCUT2D eigenvalue weighted by Gasteiger charge is -2.11. The fraction of sp³-hybridized carbons (Fsp3) is 0.160. The van der Waals surface area contributed by atoms with E-state index in [2.05, 4.69) is 10.5 Å². The highest BCUT2D eigenvalue weighted by molar-refractivity contribution is 6.36. The van der Waals surface area contributed by atoms with Gasteiger partial charge >= 0.3 is 5.97 Å². The maximum Gasteiger partial charge on any atom is 0.345 e. The minimum atomic E-state index is -0.655. The highest BCUT2D eigenvalue weighted by Gasteiger charge is 2.16. The van der Waals surface area contributed by atoms with Crippen molar-refractivity contribution in [2.45, 2.75) is 13.8 Å². The van der Waals surface area contributed by atoms with Crippen LogP contribution in [0.4, 0.5) is 0 Å². The van der Waals surface area contributed by atoms with Gasteiger partial charge in [-0.05, 0) is 67.4 Å². The Morgan fingerprint density at radius 2 is 1.74 bits per heavy atom. The van der Waals surface area contributed by atoms with Gasteiger partial charge in [-0.2, -0.15) is 5.10 Å². The molecule has 0 aliphatic rings. The normalized spacial score (nSPS) is 10.7. The number of methoxy groups -OCH3 is 1. The highest BCUT2D eigenvalue weighted by Crippen LogP contribution is 2.30. The first-order valence-corrected chi connectivity index (χ1v) is 10.9. The SMILES string of the molecule is COc1cc(/C=N/NC(=O)COc2ccc(C)cc2C)ccc1OC(=O)c1ccc(Cl)cc1Cl. The second kappa shape index (κ2) is 11.5. The van der Waals surface area contributed by atoms with Gasteiger partial charge in [-0.25, -0.2) is 10.2 Å². The molecule has 0 atom stereocenters. The van der Waals surface area contributed by atoms with Gasteiger partial charge in [0.25, 0.3) is 5.91 Å². The van der Waals surface area contributed by atoms with Crippen molar-refractivity contribution in [3.8, 4) is 17.2 Å². The van der Waals surface area contributed by atoms with Crippen LogP contribution < -0.4 is 19.6 Å². The molecule has 0 heterocycles. The summed E-state index contributed by atoms with van der Waals surface area (Å²) in [5.74, 6) is 0.0685. The average molecular weight is 501 g/mol. The molecule has 176 valence electrons. The van der Waals surface area contributed by atoms with Crippen LogP contribution in [-0.2, 0) is 4.79 Å². The van der Waals surface area contributed by atoms with E-state index in [1.54, 1.807) is 24.3 Å². The second-order valence-corrected chi connectivity index (χ2v) is 8.12. The number of aryl methyl sites for hydroxylation is 2. The number of nitrogens with zero attached hydrogens (tertiary/aromatic N) is 1. The molecular weight excluding hydrogens is 479 g/mol. The van der Waals surface area contributed by atoms with E-state index in [0.29, 0.717) is 22.1 Å². The van der Waals surface area contributed by atoms with Crippen molar-refractivity contribution in [1.29, 1.82) is 0 Å². The van der Waals surface area contributed by atoms with Crippen LogP contribution in [0.15, 0.2) is 59.7 Å². The Bertz CT molecular complexity index is 1240. The van der Waals surface area contributed by atoms with E-state index < -0.39 is 11.9 Å². The van der Waals surface area contributed by atoms with Crippen LogP contribution in [0.1, 0.15) is 27.0 Å². The van der Waals surface area contributed by atoms with Gasteiger partial charge in [0.2, 0.25) is 0 Å². The van der Waals surface area contributed by atoms with Gasteiger partial charge in [-0.1, -0.05) is 40.9 Å². The van der Waals surface area contributed by atoms with Crippen LogP contribution in [0.5, 0.6) is 17.2 Å². The summed E-state index contributed by atoms with van der Waals surface area (Å²) < 4.78 is 16.2. The summed E-state index contributed by atoms with van der Waals surface area (Å²) in [5.41, 5.74) is 5.24. The first-order valence-electron chi connectivity index (χ1n) is 10.1.